The van der Waals surface area contributed by atoms with Gasteiger partial charge in [-0.2, -0.15) is 0 Å². The number of hydrogen-bond donors (Lipinski definition) is 6. The Kier molecular flexibility index (Phi) is 9.06. The van der Waals surface area contributed by atoms with Gasteiger partial charge < -0.3 is 30.6 Å². The fourth-order valence-electron chi connectivity index (χ4n) is 7.11. The van der Waals surface area contributed by atoms with Crippen molar-refractivity contribution in [2.75, 3.05) is 0 Å². The summed E-state index contributed by atoms with van der Waals surface area (Å²) < 4.78 is 0. The summed E-state index contributed by atoms with van der Waals surface area (Å²) in [4.78, 5) is 74.2. The average molecular weight is 701 g/mol. The quantitative estimate of drug-likeness (QED) is 0.117. The monoisotopic (exact) mass is 700 g/mol. The smallest absolute Gasteiger partial charge is 0.207 e. The van der Waals surface area contributed by atoms with Crippen molar-refractivity contribution in [2.45, 2.75) is 34.1 Å². The lowest BCUT2D eigenvalue weighted by atomic mass is 9.43. The number of Topliss-reactive ketones (excluding diaryl/α,β-unsaturated/α-hetero) is 5. The minimum Gasteiger partial charge on any atom is -0.386 e. The van der Waals surface area contributed by atoms with Crippen molar-refractivity contribution in [3.8, 4) is 0 Å². The predicted molar refractivity (Wildman–Crippen MR) is 185 cm³/mol. The van der Waals surface area contributed by atoms with Gasteiger partial charge in [-0.15, -0.1) is 0 Å². The van der Waals surface area contributed by atoms with Gasteiger partial charge in [-0.3, -0.25) is 24.0 Å². The lowest BCUT2D eigenvalue weighted by Gasteiger charge is -2.65. The maximum absolute atomic E-state index is 15.0. The zero-order chi connectivity index (χ0) is 37.5. The van der Waals surface area contributed by atoms with Gasteiger partial charge in [-0.1, -0.05) is 152 Å². The van der Waals surface area contributed by atoms with Crippen LogP contribution < -0.4 is 0 Å². The van der Waals surface area contributed by atoms with Crippen molar-refractivity contribution in [3.05, 3.63) is 179 Å². The number of aliphatic hydroxyl groups is 6. The highest BCUT2D eigenvalue weighted by molar-refractivity contribution is 6.25. The van der Waals surface area contributed by atoms with E-state index >= 15 is 4.79 Å². The highest BCUT2D eigenvalue weighted by Crippen LogP contribution is 2.58. The molecule has 1 saturated carbocycles. The molecule has 6 atom stereocenters. The maximum atomic E-state index is 15.0. The molecular formula is C41H32O11. The van der Waals surface area contributed by atoms with Crippen LogP contribution in [0.5, 0.6) is 0 Å². The summed E-state index contributed by atoms with van der Waals surface area (Å²) in [6.07, 6.45) is -3.51. The molecule has 52 heavy (non-hydrogen) atoms. The largest absolute Gasteiger partial charge is 0.386 e. The highest BCUT2D eigenvalue weighted by atomic mass is 16.5. The molecule has 0 amide bonds. The molecule has 6 rings (SSSR count). The average Bonchev–Trinajstić information content (AvgIpc) is 3.21. The number of aliphatic hydroxyl groups excluding tert-OH is 1. The zero-order valence-corrected chi connectivity index (χ0v) is 27.2. The Balaban J connectivity index is 1.85. The highest BCUT2D eigenvalue weighted by Gasteiger charge is 2.92. The molecule has 0 aliphatic heterocycles. The van der Waals surface area contributed by atoms with E-state index in [1.165, 1.54) is 91.0 Å². The molecule has 262 valence electrons. The van der Waals surface area contributed by atoms with Crippen molar-refractivity contribution in [1.29, 1.82) is 0 Å². The van der Waals surface area contributed by atoms with E-state index in [1.807, 2.05) is 0 Å². The normalized spacial score (nSPS) is 28.4. The van der Waals surface area contributed by atoms with Gasteiger partial charge >= 0.3 is 0 Å². The molecule has 11 nitrogen and oxygen atoms in total. The van der Waals surface area contributed by atoms with Gasteiger partial charge in [-0.25, -0.2) is 0 Å². The second-order valence-corrected chi connectivity index (χ2v) is 12.5. The van der Waals surface area contributed by atoms with Gasteiger partial charge in [0, 0.05) is 27.8 Å². The van der Waals surface area contributed by atoms with Gasteiger partial charge in [-0.05, 0) is 0 Å². The molecule has 11 heteroatoms. The van der Waals surface area contributed by atoms with E-state index in [9.17, 15) is 49.8 Å². The van der Waals surface area contributed by atoms with Crippen molar-refractivity contribution in [3.63, 3.8) is 0 Å². The van der Waals surface area contributed by atoms with Crippen LogP contribution in [0.1, 0.15) is 51.8 Å². The van der Waals surface area contributed by atoms with E-state index in [-0.39, 0.29) is 0 Å². The molecule has 0 saturated heterocycles. The molecule has 6 N–H and O–H groups in total. The summed E-state index contributed by atoms with van der Waals surface area (Å²) in [6.45, 7) is 0. The topological polar surface area (TPSA) is 207 Å². The standard InChI is InChI=1S/C41H32O11/c42-31(26-16-6-1-7-17-26)37(48)36(47)38(49,32(43)27-18-8-2-9-19-27)40(51,34(45)29-22-12-4-13-23-29)41(52,35(46)30-24-14-5-15-25-30)39(37,50)33(44)28-20-10-3-11-21-28/h1-25,36,47-52H/t36?,37-,38+,39-,40-,41?/m0/s1. The van der Waals surface area contributed by atoms with E-state index in [2.05, 4.69) is 0 Å². The minimum atomic E-state index is -4.56. The predicted octanol–water partition coefficient (Wildman–Crippen LogP) is 2.43. The number of carbonyl (C=O) groups excluding carboxylic acids is 5. The van der Waals surface area contributed by atoms with Crippen LogP contribution in [-0.2, 0) is 0 Å². The summed E-state index contributed by atoms with van der Waals surface area (Å²) in [5.41, 5.74) is -24.9. The Labute approximate surface area is 296 Å². The van der Waals surface area contributed by atoms with E-state index in [0.717, 1.165) is 60.7 Å². The fourth-order valence-corrected chi connectivity index (χ4v) is 7.11. The van der Waals surface area contributed by atoms with Gasteiger partial charge in [0.25, 0.3) is 0 Å². The van der Waals surface area contributed by atoms with E-state index < -0.39 is 90.8 Å². The number of carbonyl (C=O) groups is 5. The summed E-state index contributed by atoms with van der Waals surface area (Å²) in [7, 11) is 0. The number of benzene rings is 5. The molecule has 5 aromatic carbocycles. The van der Waals surface area contributed by atoms with Crippen molar-refractivity contribution in [1.82, 2.24) is 0 Å². The molecule has 2 unspecified atom stereocenters. The molecule has 0 heterocycles. The van der Waals surface area contributed by atoms with Gasteiger partial charge in [0.15, 0.2) is 11.2 Å². The third-order valence-corrected chi connectivity index (χ3v) is 9.80. The minimum absolute atomic E-state index is 0.535. The Morgan fingerprint density at radius 1 is 0.327 bits per heavy atom. The first-order chi connectivity index (χ1) is 24.7. The first-order valence-electron chi connectivity index (χ1n) is 16.0. The van der Waals surface area contributed by atoms with Crippen LogP contribution in [0.25, 0.3) is 0 Å². The number of rotatable bonds is 10. The van der Waals surface area contributed by atoms with Crippen LogP contribution in [0.2, 0.25) is 0 Å². The third kappa shape index (κ3) is 4.72. The van der Waals surface area contributed by atoms with Crippen molar-refractivity contribution in [2.24, 2.45) is 0 Å². The third-order valence-electron chi connectivity index (χ3n) is 9.80. The second-order valence-electron chi connectivity index (χ2n) is 12.5. The summed E-state index contributed by atoms with van der Waals surface area (Å²) >= 11 is 0. The molecular weight excluding hydrogens is 668 g/mol. The van der Waals surface area contributed by atoms with Crippen LogP contribution >= 0.6 is 0 Å². The van der Waals surface area contributed by atoms with Crippen molar-refractivity contribution < 1.29 is 54.6 Å². The Morgan fingerprint density at radius 3 is 0.750 bits per heavy atom. The van der Waals surface area contributed by atoms with E-state index in [1.54, 1.807) is 0 Å². The van der Waals surface area contributed by atoms with Crippen LogP contribution in [0.15, 0.2) is 152 Å². The first-order valence-corrected chi connectivity index (χ1v) is 16.0. The molecule has 0 bridgehead atoms. The maximum Gasteiger partial charge on any atom is 0.207 e. The Hall–Kier alpha value is -5.79. The second kappa shape index (κ2) is 13.1. The Bertz CT molecular complexity index is 2030. The summed E-state index contributed by atoms with van der Waals surface area (Å²) in [5, 5.41) is 77.5. The lowest BCUT2D eigenvalue weighted by Crippen LogP contribution is -2.98. The molecule has 1 fully saturated rings. The van der Waals surface area contributed by atoms with Gasteiger partial charge in [0.1, 0.15) is 6.10 Å². The van der Waals surface area contributed by atoms with Crippen LogP contribution in [0, 0.1) is 0 Å². The van der Waals surface area contributed by atoms with Gasteiger partial charge in [0.2, 0.25) is 45.7 Å². The molecule has 1 aliphatic rings. The van der Waals surface area contributed by atoms with E-state index in [4.69, 9.17) is 0 Å². The fraction of sp³-hybridized carbons (Fsp3) is 0.146. The van der Waals surface area contributed by atoms with Crippen molar-refractivity contribution >= 4 is 28.9 Å². The van der Waals surface area contributed by atoms with Crippen LogP contribution in [-0.4, -0.2) is 93.7 Å². The molecule has 0 radical (unpaired) electrons. The van der Waals surface area contributed by atoms with Crippen LogP contribution in [0.3, 0.4) is 0 Å². The van der Waals surface area contributed by atoms with Gasteiger partial charge in [0.05, 0.1) is 0 Å². The first kappa shape index (κ1) is 36.0. The number of hydrogen-bond acceptors (Lipinski definition) is 11. The summed E-state index contributed by atoms with van der Waals surface area (Å²) in [5.74, 6) is -9.07. The lowest BCUT2D eigenvalue weighted by molar-refractivity contribution is -0.335. The molecule has 0 aromatic heterocycles. The molecule has 5 aromatic rings. The SMILES string of the molecule is O=C(c1ccccc1)C1(O)[C@](O)(C(=O)c2ccccc2)[C@@](O)(C(=O)c2ccccc2)C(O)[C@@](O)(C(=O)c2ccccc2)[C@@]1(O)C(=O)c1ccccc1. The number of ketones is 5. The molecule has 1 aliphatic carbocycles. The zero-order valence-electron chi connectivity index (χ0n) is 27.2. The Morgan fingerprint density at radius 2 is 0.519 bits per heavy atom. The van der Waals surface area contributed by atoms with Crippen LogP contribution in [0.4, 0.5) is 0 Å². The molecule has 0 spiro atoms. The summed E-state index contributed by atoms with van der Waals surface area (Å²) in [6, 6.07) is 31.0. The van der Waals surface area contributed by atoms with E-state index in [0.29, 0.717) is 0 Å².